The van der Waals surface area contributed by atoms with Crippen molar-refractivity contribution < 1.29 is 14.3 Å². The quantitative estimate of drug-likeness (QED) is 0.732. The zero-order chi connectivity index (χ0) is 18.2. The van der Waals surface area contributed by atoms with Crippen molar-refractivity contribution in [3.05, 3.63) is 52.0 Å². The maximum absolute atomic E-state index is 12.4. The van der Waals surface area contributed by atoms with E-state index in [1.165, 1.54) is 31.0 Å². The highest BCUT2D eigenvalue weighted by atomic mass is 32.1. The lowest BCUT2D eigenvalue weighted by atomic mass is 10.1. The van der Waals surface area contributed by atoms with Gasteiger partial charge in [-0.25, -0.2) is 4.79 Å². The molecule has 0 fully saturated rings. The minimum absolute atomic E-state index is 0.125. The molecule has 0 bridgehead atoms. The lowest BCUT2D eigenvalue weighted by Crippen LogP contribution is -2.38. The molecule has 0 radical (unpaired) electrons. The van der Waals surface area contributed by atoms with Crippen LogP contribution in [-0.4, -0.2) is 48.5 Å². The summed E-state index contributed by atoms with van der Waals surface area (Å²) in [5, 5.41) is 7.10. The Balaban J connectivity index is 2.04. The third-order valence-corrected chi connectivity index (χ3v) is 4.76. The molecule has 134 valence electrons. The van der Waals surface area contributed by atoms with Crippen LogP contribution in [0.1, 0.15) is 46.3 Å². The molecule has 2 aromatic rings. The van der Waals surface area contributed by atoms with E-state index in [9.17, 15) is 9.59 Å². The summed E-state index contributed by atoms with van der Waals surface area (Å²) in [7, 11) is 1.31. The van der Waals surface area contributed by atoms with Gasteiger partial charge >= 0.3 is 5.97 Å². The number of nitrogens with zero attached hydrogens (tertiary/aromatic N) is 2. The minimum Gasteiger partial charge on any atom is -0.465 e. The van der Waals surface area contributed by atoms with E-state index < -0.39 is 5.97 Å². The molecule has 2 rings (SSSR count). The molecule has 2 heterocycles. The lowest BCUT2D eigenvalue weighted by molar-refractivity contribution is 0.0599. The Morgan fingerprint density at radius 3 is 2.56 bits per heavy atom. The Morgan fingerprint density at radius 2 is 2.04 bits per heavy atom. The van der Waals surface area contributed by atoms with Crippen molar-refractivity contribution in [1.29, 1.82) is 0 Å². The largest absolute Gasteiger partial charge is 0.465 e. The number of amides is 1. The fraction of sp³-hybridized carbons (Fsp3) is 0.389. The highest BCUT2D eigenvalue weighted by Gasteiger charge is 2.20. The van der Waals surface area contributed by atoms with E-state index in [0.717, 1.165) is 13.1 Å². The summed E-state index contributed by atoms with van der Waals surface area (Å²) in [6.07, 6.45) is 1.35. The van der Waals surface area contributed by atoms with Crippen molar-refractivity contribution >= 4 is 23.2 Å². The highest BCUT2D eigenvalue weighted by Crippen LogP contribution is 2.22. The number of carbonyl (C=O) groups is 2. The lowest BCUT2D eigenvalue weighted by Gasteiger charge is -2.29. The van der Waals surface area contributed by atoms with Gasteiger partial charge in [-0.1, -0.05) is 13.8 Å². The molecule has 1 atom stereocenters. The van der Waals surface area contributed by atoms with Crippen LogP contribution in [0, 0.1) is 0 Å². The average molecular weight is 361 g/mol. The van der Waals surface area contributed by atoms with Gasteiger partial charge in [-0.3, -0.25) is 14.7 Å². The third kappa shape index (κ3) is 4.87. The van der Waals surface area contributed by atoms with E-state index in [4.69, 9.17) is 0 Å². The van der Waals surface area contributed by atoms with Gasteiger partial charge in [0.2, 0.25) is 0 Å². The normalized spacial score (nSPS) is 12.0. The number of pyridine rings is 1. The molecule has 0 saturated carbocycles. The molecular formula is C18H23N3O3S. The second kappa shape index (κ2) is 9.29. The van der Waals surface area contributed by atoms with E-state index in [1.807, 2.05) is 5.38 Å². The van der Waals surface area contributed by atoms with Crippen LogP contribution in [0.15, 0.2) is 35.2 Å². The fourth-order valence-corrected chi connectivity index (χ4v) is 3.34. The Hall–Kier alpha value is -2.25. The average Bonchev–Trinajstić information content (AvgIpc) is 3.18. The minimum atomic E-state index is -0.474. The Labute approximate surface area is 151 Å². The van der Waals surface area contributed by atoms with Crippen molar-refractivity contribution in [3.63, 3.8) is 0 Å². The van der Waals surface area contributed by atoms with Gasteiger partial charge in [0.15, 0.2) is 0 Å². The first kappa shape index (κ1) is 19.1. The summed E-state index contributed by atoms with van der Waals surface area (Å²) in [4.78, 5) is 30.1. The number of methoxy groups -OCH3 is 1. The summed E-state index contributed by atoms with van der Waals surface area (Å²) >= 11 is 1.65. The predicted octanol–water partition coefficient (Wildman–Crippen LogP) is 2.74. The van der Waals surface area contributed by atoms with E-state index in [0.29, 0.717) is 12.1 Å². The van der Waals surface area contributed by atoms with Crippen molar-refractivity contribution in [2.75, 3.05) is 26.7 Å². The van der Waals surface area contributed by atoms with Crippen LogP contribution in [0.25, 0.3) is 0 Å². The molecule has 1 amide bonds. The van der Waals surface area contributed by atoms with Crippen LogP contribution in [0.4, 0.5) is 0 Å². The molecule has 0 aliphatic heterocycles. The summed E-state index contributed by atoms with van der Waals surface area (Å²) in [5.74, 6) is -0.734. The van der Waals surface area contributed by atoms with Crippen LogP contribution >= 0.6 is 11.3 Å². The van der Waals surface area contributed by atoms with Gasteiger partial charge in [0.25, 0.3) is 5.91 Å². The molecular weight excluding hydrogens is 338 g/mol. The first-order valence-electron chi connectivity index (χ1n) is 8.19. The zero-order valence-electron chi connectivity index (χ0n) is 14.7. The van der Waals surface area contributed by atoms with Gasteiger partial charge < -0.3 is 10.1 Å². The second-order valence-corrected chi connectivity index (χ2v) is 6.21. The van der Waals surface area contributed by atoms with E-state index in [2.05, 4.69) is 45.2 Å². The standard InChI is InChI=1S/C18H23N3O3S/c1-4-21(5-2)16(14-8-9-25-12-14)11-20-17(22)15-7-6-13(10-19-15)18(23)24-3/h6-10,12,16H,4-5,11H2,1-3H3,(H,20,22). The van der Waals surface area contributed by atoms with E-state index in [1.54, 1.807) is 11.3 Å². The van der Waals surface area contributed by atoms with Crippen LogP contribution < -0.4 is 5.32 Å². The van der Waals surface area contributed by atoms with Crippen LogP contribution in [-0.2, 0) is 4.74 Å². The number of hydrogen-bond donors (Lipinski definition) is 1. The summed E-state index contributed by atoms with van der Waals surface area (Å²) in [6.45, 7) is 6.52. The summed E-state index contributed by atoms with van der Waals surface area (Å²) in [6, 6.07) is 5.27. The van der Waals surface area contributed by atoms with Gasteiger partial charge in [0.05, 0.1) is 18.7 Å². The van der Waals surface area contributed by atoms with Crippen molar-refractivity contribution in [3.8, 4) is 0 Å². The number of ether oxygens (including phenoxy) is 1. The molecule has 1 N–H and O–H groups in total. The molecule has 0 spiro atoms. The molecule has 0 aromatic carbocycles. The third-order valence-electron chi connectivity index (χ3n) is 4.05. The summed E-state index contributed by atoms with van der Waals surface area (Å²) in [5.41, 5.74) is 1.79. The second-order valence-electron chi connectivity index (χ2n) is 5.43. The van der Waals surface area contributed by atoms with Gasteiger partial charge in [-0.05, 0) is 47.6 Å². The van der Waals surface area contributed by atoms with Crippen LogP contribution in [0.3, 0.4) is 0 Å². The van der Waals surface area contributed by atoms with Gasteiger partial charge in [-0.2, -0.15) is 11.3 Å². The van der Waals surface area contributed by atoms with Gasteiger partial charge in [0.1, 0.15) is 5.69 Å². The molecule has 7 heteroatoms. The molecule has 6 nitrogen and oxygen atoms in total. The van der Waals surface area contributed by atoms with E-state index in [-0.39, 0.29) is 17.6 Å². The molecule has 2 aromatic heterocycles. The number of aromatic nitrogens is 1. The van der Waals surface area contributed by atoms with Crippen LogP contribution in [0.5, 0.6) is 0 Å². The maximum atomic E-state index is 12.4. The number of hydrogen-bond acceptors (Lipinski definition) is 6. The topological polar surface area (TPSA) is 71.5 Å². The van der Waals surface area contributed by atoms with Crippen molar-refractivity contribution in [2.24, 2.45) is 0 Å². The first-order valence-corrected chi connectivity index (χ1v) is 9.13. The smallest absolute Gasteiger partial charge is 0.339 e. The Morgan fingerprint density at radius 1 is 1.28 bits per heavy atom. The first-order chi connectivity index (χ1) is 12.1. The Kier molecular flexibility index (Phi) is 7.09. The summed E-state index contributed by atoms with van der Waals surface area (Å²) < 4.78 is 4.62. The number of rotatable bonds is 8. The molecule has 1 unspecified atom stereocenters. The van der Waals surface area contributed by atoms with Crippen molar-refractivity contribution in [2.45, 2.75) is 19.9 Å². The number of thiophene rings is 1. The zero-order valence-corrected chi connectivity index (χ0v) is 15.5. The van der Waals surface area contributed by atoms with Crippen LogP contribution in [0.2, 0.25) is 0 Å². The Bertz CT molecular complexity index is 682. The molecule has 25 heavy (non-hydrogen) atoms. The predicted molar refractivity (Wildman–Crippen MR) is 97.9 cm³/mol. The fourth-order valence-electron chi connectivity index (χ4n) is 2.63. The SMILES string of the molecule is CCN(CC)C(CNC(=O)c1ccc(C(=O)OC)cn1)c1ccsc1. The van der Waals surface area contributed by atoms with E-state index >= 15 is 0 Å². The van der Waals surface area contributed by atoms with Gasteiger partial charge in [0, 0.05) is 12.7 Å². The molecule has 0 aliphatic carbocycles. The number of nitrogens with one attached hydrogen (secondary N) is 1. The number of likely N-dealkylation sites (N-methyl/N-ethyl adjacent to an activating group) is 1. The number of esters is 1. The molecule has 0 aliphatic rings. The van der Waals surface area contributed by atoms with Gasteiger partial charge in [-0.15, -0.1) is 0 Å². The number of carbonyl (C=O) groups excluding carboxylic acids is 2. The van der Waals surface area contributed by atoms with Crippen molar-refractivity contribution in [1.82, 2.24) is 15.2 Å². The molecule has 0 saturated heterocycles. The monoisotopic (exact) mass is 361 g/mol. The maximum Gasteiger partial charge on any atom is 0.339 e. The highest BCUT2D eigenvalue weighted by molar-refractivity contribution is 7.07.